The highest BCUT2D eigenvalue weighted by molar-refractivity contribution is 5.85. The van der Waals surface area contributed by atoms with Crippen LogP contribution >= 0.6 is 12.4 Å². The third-order valence-corrected chi connectivity index (χ3v) is 2.75. The van der Waals surface area contributed by atoms with Crippen LogP contribution in [0.1, 0.15) is 11.7 Å². The molecule has 1 fully saturated rings. The number of ether oxygens (including phenoxy) is 1. The Hall–Kier alpha value is -1.17. The Labute approximate surface area is 106 Å². The second-order valence-corrected chi connectivity index (χ2v) is 3.97. The minimum absolute atomic E-state index is 0. The molecule has 1 heterocycles. The van der Waals surface area contributed by atoms with Crippen LogP contribution in [-0.2, 0) is 4.74 Å². The van der Waals surface area contributed by atoms with E-state index >= 15 is 0 Å². The van der Waals surface area contributed by atoms with Crippen molar-refractivity contribution in [2.45, 2.75) is 6.10 Å². The van der Waals surface area contributed by atoms with Gasteiger partial charge in [0.2, 0.25) is 0 Å². The smallest absolute Gasteiger partial charge is 0.269 e. The molecule has 0 amide bonds. The number of morpholine rings is 1. The zero-order valence-electron chi connectivity index (χ0n) is 9.54. The lowest BCUT2D eigenvalue weighted by molar-refractivity contribution is -0.384. The molecule has 0 N–H and O–H groups in total. The van der Waals surface area contributed by atoms with Gasteiger partial charge >= 0.3 is 0 Å². The molecule has 0 aliphatic carbocycles. The summed E-state index contributed by atoms with van der Waals surface area (Å²) in [5.41, 5.74) is 1.12. The van der Waals surface area contributed by atoms with Crippen molar-refractivity contribution in [1.82, 2.24) is 4.90 Å². The van der Waals surface area contributed by atoms with Gasteiger partial charge < -0.3 is 9.64 Å². The average Bonchev–Trinajstić information content (AvgIpc) is 2.29. The maximum atomic E-state index is 10.5. The fraction of sp³-hybridized carbons (Fsp3) is 0.455. The molecule has 1 saturated heterocycles. The molecule has 6 heteroatoms. The van der Waals surface area contributed by atoms with Crippen molar-refractivity contribution in [3.05, 3.63) is 39.9 Å². The fourth-order valence-electron chi connectivity index (χ4n) is 1.79. The first-order chi connectivity index (χ1) is 7.66. The minimum Gasteiger partial charge on any atom is -0.371 e. The lowest BCUT2D eigenvalue weighted by Gasteiger charge is -2.30. The maximum Gasteiger partial charge on any atom is 0.269 e. The van der Waals surface area contributed by atoms with E-state index in [9.17, 15) is 10.1 Å². The summed E-state index contributed by atoms with van der Waals surface area (Å²) in [7, 11) is 2.04. The number of hydrogen-bond donors (Lipinski definition) is 0. The predicted octanol–water partition coefficient (Wildman–Crippen LogP) is 2.02. The molecule has 5 nitrogen and oxygen atoms in total. The second-order valence-electron chi connectivity index (χ2n) is 3.97. The van der Waals surface area contributed by atoms with Gasteiger partial charge in [0.15, 0.2) is 0 Å². The Morgan fingerprint density at radius 1 is 1.41 bits per heavy atom. The standard InChI is InChI=1S/C11H14N2O3.ClH/c1-12-6-7-16-11(8-12)9-2-4-10(5-3-9)13(14)15;/h2-5,11H,6-8H2,1H3;1H. The van der Waals surface area contributed by atoms with Crippen LogP contribution < -0.4 is 0 Å². The zero-order valence-corrected chi connectivity index (χ0v) is 10.4. The number of likely N-dealkylation sites (N-methyl/N-ethyl adjacent to an activating group) is 1. The van der Waals surface area contributed by atoms with Gasteiger partial charge in [-0.15, -0.1) is 12.4 Å². The Bertz CT molecular complexity index is 383. The zero-order chi connectivity index (χ0) is 11.5. The highest BCUT2D eigenvalue weighted by atomic mass is 35.5. The van der Waals surface area contributed by atoms with Crippen molar-refractivity contribution in [2.24, 2.45) is 0 Å². The van der Waals surface area contributed by atoms with E-state index in [4.69, 9.17) is 4.74 Å². The van der Waals surface area contributed by atoms with E-state index in [2.05, 4.69) is 4.90 Å². The number of halogens is 1. The topological polar surface area (TPSA) is 55.6 Å². The monoisotopic (exact) mass is 258 g/mol. The van der Waals surface area contributed by atoms with E-state index in [0.717, 1.165) is 18.7 Å². The number of nitro groups is 1. The SMILES string of the molecule is CN1CCOC(c2ccc([N+](=O)[O-])cc2)C1.Cl. The van der Waals surface area contributed by atoms with Gasteiger partial charge in [-0.05, 0) is 24.7 Å². The quantitative estimate of drug-likeness (QED) is 0.602. The highest BCUT2D eigenvalue weighted by Crippen LogP contribution is 2.23. The predicted molar refractivity (Wildman–Crippen MR) is 66.5 cm³/mol. The Balaban J connectivity index is 0.00000144. The molecule has 1 aliphatic heterocycles. The van der Waals surface area contributed by atoms with E-state index < -0.39 is 4.92 Å². The van der Waals surface area contributed by atoms with Crippen molar-refractivity contribution >= 4 is 18.1 Å². The van der Waals surface area contributed by atoms with Crippen LogP contribution in [0.2, 0.25) is 0 Å². The third kappa shape index (κ3) is 3.39. The second kappa shape index (κ2) is 5.95. The molecule has 0 spiro atoms. The van der Waals surface area contributed by atoms with Gasteiger partial charge in [0.1, 0.15) is 0 Å². The van der Waals surface area contributed by atoms with Crippen molar-refractivity contribution in [1.29, 1.82) is 0 Å². The molecule has 1 atom stereocenters. The van der Waals surface area contributed by atoms with Gasteiger partial charge in [0.05, 0.1) is 17.6 Å². The summed E-state index contributed by atoms with van der Waals surface area (Å²) in [6.07, 6.45) is 0.0274. The first-order valence-electron chi connectivity index (χ1n) is 5.21. The van der Waals surface area contributed by atoms with E-state index in [1.807, 2.05) is 7.05 Å². The van der Waals surface area contributed by atoms with E-state index in [1.165, 1.54) is 12.1 Å². The first kappa shape index (κ1) is 13.9. The summed E-state index contributed by atoms with van der Waals surface area (Å²) >= 11 is 0. The Morgan fingerprint density at radius 2 is 2.06 bits per heavy atom. The minimum atomic E-state index is -0.391. The van der Waals surface area contributed by atoms with Crippen LogP contribution in [0.25, 0.3) is 0 Å². The molecule has 0 aromatic heterocycles. The van der Waals surface area contributed by atoms with Gasteiger partial charge in [-0.1, -0.05) is 0 Å². The van der Waals surface area contributed by atoms with Crippen LogP contribution in [-0.4, -0.2) is 36.6 Å². The van der Waals surface area contributed by atoms with Crippen LogP contribution in [0.5, 0.6) is 0 Å². The van der Waals surface area contributed by atoms with Gasteiger partial charge in [-0.25, -0.2) is 0 Å². The number of non-ortho nitro benzene ring substituents is 1. The Kier molecular flexibility index (Phi) is 4.86. The molecule has 0 bridgehead atoms. The van der Waals surface area contributed by atoms with Crippen LogP contribution in [0, 0.1) is 10.1 Å². The molecule has 1 aromatic rings. The van der Waals surface area contributed by atoms with E-state index in [-0.39, 0.29) is 24.2 Å². The number of nitro benzene ring substituents is 1. The molecule has 1 aromatic carbocycles. The number of benzene rings is 1. The maximum absolute atomic E-state index is 10.5. The summed E-state index contributed by atoms with van der Waals surface area (Å²) < 4.78 is 5.62. The lowest BCUT2D eigenvalue weighted by atomic mass is 10.1. The van der Waals surface area contributed by atoms with Gasteiger partial charge in [0, 0.05) is 25.2 Å². The van der Waals surface area contributed by atoms with Crippen molar-refractivity contribution < 1.29 is 9.66 Å². The molecular formula is C11H15ClN2O3. The van der Waals surface area contributed by atoms with E-state index in [0.29, 0.717) is 6.61 Å². The average molecular weight is 259 g/mol. The largest absolute Gasteiger partial charge is 0.371 e. The molecule has 0 radical (unpaired) electrons. The third-order valence-electron chi connectivity index (χ3n) is 2.75. The molecule has 94 valence electrons. The summed E-state index contributed by atoms with van der Waals surface area (Å²) in [4.78, 5) is 12.3. The van der Waals surface area contributed by atoms with Crippen molar-refractivity contribution in [3.8, 4) is 0 Å². The lowest BCUT2D eigenvalue weighted by Crippen LogP contribution is -2.35. The Morgan fingerprint density at radius 3 is 2.59 bits per heavy atom. The summed E-state index contributed by atoms with van der Waals surface area (Å²) in [6.45, 7) is 2.47. The molecule has 1 aliphatic rings. The fourth-order valence-corrected chi connectivity index (χ4v) is 1.79. The highest BCUT2D eigenvalue weighted by Gasteiger charge is 2.19. The van der Waals surface area contributed by atoms with Gasteiger partial charge in [-0.3, -0.25) is 10.1 Å². The van der Waals surface area contributed by atoms with Gasteiger partial charge in [0.25, 0.3) is 5.69 Å². The number of nitrogens with zero attached hydrogens (tertiary/aromatic N) is 2. The summed E-state index contributed by atoms with van der Waals surface area (Å²) in [5, 5.41) is 10.5. The summed E-state index contributed by atoms with van der Waals surface area (Å²) in [5.74, 6) is 0. The summed E-state index contributed by atoms with van der Waals surface area (Å²) in [6, 6.07) is 6.57. The van der Waals surface area contributed by atoms with Crippen LogP contribution in [0.3, 0.4) is 0 Å². The number of rotatable bonds is 2. The molecule has 0 saturated carbocycles. The first-order valence-corrected chi connectivity index (χ1v) is 5.21. The molecule has 2 rings (SSSR count). The number of hydrogen-bond acceptors (Lipinski definition) is 4. The van der Waals surface area contributed by atoms with Crippen LogP contribution in [0.4, 0.5) is 5.69 Å². The molecule has 1 unspecified atom stereocenters. The van der Waals surface area contributed by atoms with Crippen molar-refractivity contribution in [2.75, 3.05) is 26.7 Å². The molecule has 17 heavy (non-hydrogen) atoms. The van der Waals surface area contributed by atoms with E-state index in [1.54, 1.807) is 12.1 Å². The normalized spacial score (nSPS) is 20.6. The van der Waals surface area contributed by atoms with Crippen molar-refractivity contribution in [3.63, 3.8) is 0 Å². The van der Waals surface area contributed by atoms with Crippen LogP contribution in [0.15, 0.2) is 24.3 Å². The van der Waals surface area contributed by atoms with Gasteiger partial charge in [-0.2, -0.15) is 0 Å². The molecular weight excluding hydrogens is 244 g/mol.